The number of nitrogens with one attached hydrogen (secondary N) is 1. The highest BCUT2D eigenvalue weighted by molar-refractivity contribution is 9.12. The van der Waals surface area contributed by atoms with Gasteiger partial charge in [0.2, 0.25) is 6.10 Å². The Labute approximate surface area is 148 Å². The van der Waals surface area contributed by atoms with Gasteiger partial charge in [-0.3, -0.25) is 4.79 Å². The van der Waals surface area contributed by atoms with E-state index in [4.69, 9.17) is 9.47 Å². The Hall–Kier alpha value is -2.60. The first-order chi connectivity index (χ1) is 11.7. The molecule has 0 bridgehead atoms. The van der Waals surface area contributed by atoms with Crippen LogP contribution in [0.2, 0.25) is 0 Å². The molecule has 0 spiro atoms. The fourth-order valence-electron chi connectivity index (χ4n) is 2.12. The Morgan fingerprint density at radius 3 is 2.62 bits per heavy atom. The lowest BCUT2D eigenvalue weighted by Gasteiger charge is -2.24. The molecule has 0 saturated heterocycles. The number of carbonyl (C=O) groups is 1. The Kier molecular flexibility index (Phi) is 5.28. The Morgan fingerprint density at radius 1 is 1.12 bits per heavy atom. The van der Waals surface area contributed by atoms with E-state index in [0.29, 0.717) is 11.5 Å². The number of amides is 1. The van der Waals surface area contributed by atoms with E-state index in [1.165, 1.54) is 6.21 Å². The molecule has 0 unspecified atom stereocenters. The number of fused-ring (bicyclic) bond motifs is 1. The van der Waals surface area contributed by atoms with Crippen LogP contribution < -0.4 is 14.9 Å². The summed E-state index contributed by atoms with van der Waals surface area (Å²) < 4.78 is 11.9. The Balaban J connectivity index is 1.55. The quantitative estimate of drug-likeness (QED) is 0.647. The maximum Gasteiger partial charge on any atom is 0.284 e. The number of rotatable bonds is 4. The monoisotopic (exact) mass is 386 g/mol. The minimum Gasteiger partial charge on any atom is -0.485 e. The van der Waals surface area contributed by atoms with Crippen LogP contribution in [-0.2, 0) is 4.79 Å². The van der Waals surface area contributed by atoms with Gasteiger partial charge >= 0.3 is 0 Å². The van der Waals surface area contributed by atoms with Gasteiger partial charge in [0.25, 0.3) is 5.91 Å². The Morgan fingerprint density at radius 2 is 1.83 bits per heavy atom. The van der Waals surface area contributed by atoms with Crippen LogP contribution in [0.3, 0.4) is 0 Å². The van der Waals surface area contributed by atoms with Gasteiger partial charge in [-0.25, -0.2) is 5.43 Å². The van der Waals surface area contributed by atoms with E-state index in [1.807, 2.05) is 48.5 Å². The van der Waals surface area contributed by atoms with Crippen molar-refractivity contribution >= 4 is 34.1 Å². The number of nitrogens with zero attached hydrogens (tertiary/aromatic N) is 1. The molecule has 1 aliphatic heterocycles. The largest absolute Gasteiger partial charge is 0.485 e. The van der Waals surface area contributed by atoms with Gasteiger partial charge in [0.05, 0.1) is 6.21 Å². The van der Waals surface area contributed by atoms with Crippen molar-refractivity contribution in [1.82, 2.24) is 5.43 Å². The highest BCUT2D eigenvalue weighted by atomic mass is 79.9. The van der Waals surface area contributed by atoms with Crippen LogP contribution in [-0.4, -0.2) is 24.8 Å². The van der Waals surface area contributed by atoms with Gasteiger partial charge in [0, 0.05) is 4.48 Å². The molecular formula is C18H15BrN2O3. The van der Waals surface area contributed by atoms with Gasteiger partial charge in [-0.1, -0.05) is 42.5 Å². The smallest absolute Gasteiger partial charge is 0.284 e. The van der Waals surface area contributed by atoms with E-state index in [-0.39, 0.29) is 12.5 Å². The van der Waals surface area contributed by atoms with Crippen molar-refractivity contribution in [3.63, 3.8) is 0 Å². The number of hydrogen-bond donors (Lipinski definition) is 1. The molecule has 0 aromatic heterocycles. The van der Waals surface area contributed by atoms with E-state index in [9.17, 15) is 4.79 Å². The second-order valence-electron chi connectivity index (χ2n) is 5.04. The zero-order chi connectivity index (χ0) is 16.8. The average molecular weight is 387 g/mol. The number of carbonyl (C=O) groups excluding carboxylic acids is 1. The molecule has 1 N–H and O–H groups in total. The van der Waals surface area contributed by atoms with E-state index in [0.717, 1.165) is 10.0 Å². The van der Waals surface area contributed by atoms with Crippen molar-refractivity contribution in [2.45, 2.75) is 6.10 Å². The van der Waals surface area contributed by atoms with E-state index in [1.54, 1.807) is 12.1 Å². The van der Waals surface area contributed by atoms with E-state index >= 15 is 0 Å². The number of allylic oxidation sites excluding steroid dienone is 1. The zero-order valence-electron chi connectivity index (χ0n) is 12.7. The SMILES string of the molecule is O=C(N/N=C/C(Br)=C/c1ccccc1)[C@H]1COc2ccccc2O1. The number of benzene rings is 2. The highest BCUT2D eigenvalue weighted by Gasteiger charge is 2.26. The van der Waals surface area contributed by atoms with Crippen molar-refractivity contribution < 1.29 is 14.3 Å². The maximum atomic E-state index is 12.1. The van der Waals surface area contributed by atoms with Gasteiger partial charge in [-0.05, 0) is 39.7 Å². The van der Waals surface area contributed by atoms with Crippen LogP contribution in [0.15, 0.2) is 64.2 Å². The summed E-state index contributed by atoms with van der Waals surface area (Å²) in [4.78, 5) is 12.1. The lowest BCUT2D eigenvalue weighted by Crippen LogP contribution is -2.42. The predicted molar refractivity (Wildman–Crippen MR) is 96.3 cm³/mol. The van der Waals surface area contributed by atoms with Crippen molar-refractivity contribution in [2.24, 2.45) is 5.10 Å². The summed E-state index contributed by atoms with van der Waals surface area (Å²) in [6.07, 6.45) is 2.68. The maximum absolute atomic E-state index is 12.1. The first kappa shape index (κ1) is 16.3. The molecule has 1 heterocycles. The average Bonchev–Trinajstić information content (AvgIpc) is 2.62. The third kappa shape index (κ3) is 4.23. The molecule has 2 aromatic carbocycles. The number of hydrogen-bond acceptors (Lipinski definition) is 4. The van der Waals surface area contributed by atoms with Crippen LogP contribution in [0.4, 0.5) is 0 Å². The molecule has 5 nitrogen and oxygen atoms in total. The van der Waals surface area contributed by atoms with Gasteiger partial charge in [-0.15, -0.1) is 0 Å². The van der Waals surface area contributed by atoms with Gasteiger partial charge in [0.15, 0.2) is 11.5 Å². The molecule has 1 atom stereocenters. The molecule has 3 rings (SSSR count). The third-order valence-electron chi connectivity index (χ3n) is 3.27. The number of ether oxygens (including phenoxy) is 2. The Bertz CT molecular complexity index is 775. The highest BCUT2D eigenvalue weighted by Crippen LogP contribution is 2.30. The topological polar surface area (TPSA) is 59.9 Å². The molecule has 0 aliphatic carbocycles. The lowest BCUT2D eigenvalue weighted by atomic mass is 10.2. The lowest BCUT2D eigenvalue weighted by molar-refractivity contribution is -0.130. The first-order valence-corrected chi connectivity index (χ1v) is 8.15. The summed E-state index contributed by atoms with van der Waals surface area (Å²) in [5.74, 6) is 0.831. The summed E-state index contributed by atoms with van der Waals surface area (Å²) in [6.45, 7) is 0.152. The van der Waals surface area contributed by atoms with Crippen LogP contribution in [0.25, 0.3) is 6.08 Å². The van der Waals surface area contributed by atoms with Crippen LogP contribution >= 0.6 is 15.9 Å². The molecule has 24 heavy (non-hydrogen) atoms. The molecule has 6 heteroatoms. The second kappa shape index (κ2) is 7.79. The molecule has 0 fully saturated rings. The van der Waals surface area contributed by atoms with Crippen molar-refractivity contribution in [2.75, 3.05) is 6.61 Å². The van der Waals surface area contributed by atoms with Crippen LogP contribution in [0, 0.1) is 0 Å². The summed E-state index contributed by atoms with van der Waals surface area (Å²) >= 11 is 3.39. The molecule has 1 amide bonds. The summed E-state index contributed by atoms with van der Waals surface area (Å²) in [5.41, 5.74) is 3.48. The minimum absolute atomic E-state index is 0.152. The molecule has 0 saturated carbocycles. The molecule has 1 aliphatic rings. The second-order valence-corrected chi connectivity index (χ2v) is 5.95. The van der Waals surface area contributed by atoms with Crippen molar-refractivity contribution in [3.05, 3.63) is 64.6 Å². The molecule has 122 valence electrons. The normalized spacial score (nSPS) is 16.9. The number of halogens is 1. The number of para-hydroxylation sites is 2. The van der Waals surface area contributed by atoms with Crippen LogP contribution in [0.5, 0.6) is 11.5 Å². The first-order valence-electron chi connectivity index (χ1n) is 7.36. The minimum atomic E-state index is -0.728. The van der Waals surface area contributed by atoms with Crippen molar-refractivity contribution in [3.8, 4) is 11.5 Å². The molecule has 0 radical (unpaired) electrons. The van der Waals surface area contributed by atoms with Gasteiger partial charge in [-0.2, -0.15) is 5.10 Å². The molecular weight excluding hydrogens is 372 g/mol. The summed E-state index contributed by atoms with van der Waals surface area (Å²) in [5, 5.41) is 3.92. The standard InChI is InChI=1S/C18H15BrN2O3/c19-14(10-13-6-2-1-3-7-13)11-20-21-18(22)17-12-23-15-8-4-5-9-16(15)24-17/h1-11,17H,12H2,(H,21,22)/b14-10-,20-11+/t17-/m1/s1. The summed E-state index contributed by atoms with van der Waals surface area (Å²) in [7, 11) is 0. The van der Waals surface area contributed by atoms with E-state index < -0.39 is 6.10 Å². The van der Waals surface area contributed by atoms with Gasteiger partial charge < -0.3 is 9.47 Å². The zero-order valence-corrected chi connectivity index (χ0v) is 14.3. The number of hydrazone groups is 1. The third-order valence-corrected chi connectivity index (χ3v) is 3.70. The fraction of sp³-hybridized carbons (Fsp3) is 0.111. The van der Waals surface area contributed by atoms with Gasteiger partial charge in [0.1, 0.15) is 6.61 Å². The predicted octanol–water partition coefficient (Wildman–Crippen LogP) is 3.36. The fourth-order valence-corrected chi connectivity index (χ4v) is 2.49. The van der Waals surface area contributed by atoms with Crippen molar-refractivity contribution in [1.29, 1.82) is 0 Å². The summed E-state index contributed by atoms with van der Waals surface area (Å²) in [6, 6.07) is 17.0. The molecule has 2 aromatic rings. The van der Waals surface area contributed by atoms with E-state index in [2.05, 4.69) is 26.5 Å². The van der Waals surface area contributed by atoms with Crippen LogP contribution in [0.1, 0.15) is 5.56 Å².